The van der Waals surface area contributed by atoms with Crippen LogP contribution in [0.3, 0.4) is 0 Å². The molecule has 0 unspecified atom stereocenters. The fourth-order valence-corrected chi connectivity index (χ4v) is 1.61. The van der Waals surface area contributed by atoms with Gasteiger partial charge in [-0.05, 0) is 25.1 Å². The molecule has 1 aromatic rings. The third-order valence-electron chi connectivity index (χ3n) is 2.36. The van der Waals surface area contributed by atoms with Crippen molar-refractivity contribution in [2.75, 3.05) is 11.5 Å². The van der Waals surface area contributed by atoms with Crippen LogP contribution >= 0.6 is 0 Å². The largest absolute Gasteiger partial charge is 0.506 e. The Balaban J connectivity index is 3.16. The number of anilines is 1. The Morgan fingerprint density at radius 3 is 2.21 bits per heavy atom. The molecule has 6 nitrogen and oxygen atoms in total. The quantitative estimate of drug-likeness (QED) is 0.836. The number of ether oxygens (including phenoxy) is 1. The average Bonchev–Trinajstić information content (AvgIpc) is 2.30. The molecule has 0 saturated carbocycles. The summed E-state index contributed by atoms with van der Waals surface area (Å²) in [7, 11) is 0. The van der Waals surface area contributed by atoms with Gasteiger partial charge in [0.15, 0.2) is 0 Å². The molecule has 0 radical (unpaired) electrons. The first-order chi connectivity index (χ1) is 8.88. The van der Waals surface area contributed by atoms with Crippen LogP contribution in [0.2, 0.25) is 0 Å². The van der Waals surface area contributed by atoms with Gasteiger partial charge in [0.25, 0.3) is 0 Å². The average molecular weight is 265 g/mol. The van der Waals surface area contributed by atoms with Crippen molar-refractivity contribution in [2.45, 2.75) is 20.8 Å². The summed E-state index contributed by atoms with van der Waals surface area (Å²) in [6.07, 6.45) is 0. The Bertz CT molecular complexity index is 510. The Morgan fingerprint density at radius 1 is 1.21 bits per heavy atom. The molecule has 0 saturated heterocycles. The topological polar surface area (TPSA) is 83.9 Å². The number of nitrogens with zero attached hydrogens (tertiary/aromatic N) is 1. The first-order valence-corrected chi connectivity index (χ1v) is 5.69. The molecule has 0 fully saturated rings. The molecule has 102 valence electrons. The van der Waals surface area contributed by atoms with E-state index in [9.17, 15) is 19.5 Å². The summed E-state index contributed by atoms with van der Waals surface area (Å²) in [6.45, 7) is 4.30. The first kappa shape index (κ1) is 14.7. The highest BCUT2D eigenvalue weighted by Crippen LogP contribution is 2.28. The second-order valence-electron chi connectivity index (χ2n) is 3.80. The van der Waals surface area contributed by atoms with Crippen molar-refractivity contribution in [3.63, 3.8) is 0 Å². The zero-order valence-corrected chi connectivity index (χ0v) is 11.0. The van der Waals surface area contributed by atoms with Gasteiger partial charge in [-0.15, -0.1) is 0 Å². The van der Waals surface area contributed by atoms with E-state index in [1.54, 1.807) is 6.92 Å². The smallest absolute Gasteiger partial charge is 0.338 e. The molecule has 0 aliphatic heterocycles. The first-order valence-electron chi connectivity index (χ1n) is 5.69. The van der Waals surface area contributed by atoms with Gasteiger partial charge in [0.05, 0.1) is 17.9 Å². The highest BCUT2D eigenvalue weighted by Gasteiger charge is 2.20. The van der Waals surface area contributed by atoms with E-state index < -0.39 is 17.8 Å². The molecule has 19 heavy (non-hydrogen) atoms. The van der Waals surface area contributed by atoms with Gasteiger partial charge in [0.2, 0.25) is 11.8 Å². The van der Waals surface area contributed by atoms with Gasteiger partial charge < -0.3 is 9.84 Å². The summed E-state index contributed by atoms with van der Waals surface area (Å²) in [5.41, 5.74) is 0.184. The molecule has 0 aliphatic carbocycles. The van der Waals surface area contributed by atoms with E-state index in [0.29, 0.717) is 0 Å². The van der Waals surface area contributed by atoms with Gasteiger partial charge in [-0.3, -0.25) is 9.59 Å². The van der Waals surface area contributed by atoms with Crippen LogP contribution in [-0.4, -0.2) is 29.5 Å². The standard InChI is InChI=1S/C13H15NO5/c1-4-19-13(18)10-5-6-11(12(17)7-10)14(8(2)15)9(3)16/h5-7,17H,4H2,1-3H3. The maximum atomic E-state index is 11.5. The van der Waals surface area contributed by atoms with E-state index in [4.69, 9.17) is 4.74 Å². The van der Waals surface area contributed by atoms with Crippen LogP contribution in [0.4, 0.5) is 5.69 Å². The highest BCUT2D eigenvalue weighted by molar-refractivity contribution is 6.14. The van der Waals surface area contributed by atoms with Crippen molar-refractivity contribution in [3.05, 3.63) is 23.8 Å². The van der Waals surface area contributed by atoms with Crippen molar-refractivity contribution >= 4 is 23.5 Å². The van der Waals surface area contributed by atoms with Crippen molar-refractivity contribution in [1.29, 1.82) is 0 Å². The lowest BCUT2D eigenvalue weighted by molar-refractivity contribution is -0.124. The number of phenolic OH excluding ortho intramolecular Hbond substituents is 1. The van der Waals surface area contributed by atoms with E-state index in [-0.39, 0.29) is 23.6 Å². The maximum absolute atomic E-state index is 11.5. The molecular formula is C13H15NO5. The van der Waals surface area contributed by atoms with Crippen molar-refractivity contribution in [3.8, 4) is 5.75 Å². The van der Waals surface area contributed by atoms with Crippen LogP contribution in [0.25, 0.3) is 0 Å². The minimum atomic E-state index is -0.582. The maximum Gasteiger partial charge on any atom is 0.338 e. The second kappa shape index (κ2) is 5.99. The molecule has 0 heterocycles. The number of carbonyl (C=O) groups is 3. The van der Waals surface area contributed by atoms with Crippen molar-refractivity contribution in [2.24, 2.45) is 0 Å². The van der Waals surface area contributed by atoms with Gasteiger partial charge in [0.1, 0.15) is 5.75 Å². The van der Waals surface area contributed by atoms with Gasteiger partial charge in [-0.1, -0.05) is 0 Å². The summed E-state index contributed by atoms with van der Waals surface area (Å²) >= 11 is 0. The lowest BCUT2D eigenvalue weighted by atomic mass is 10.1. The molecule has 1 N–H and O–H groups in total. The fraction of sp³-hybridized carbons (Fsp3) is 0.308. The number of aromatic hydroxyl groups is 1. The van der Waals surface area contributed by atoms with Gasteiger partial charge in [-0.25, -0.2) is 9.69 Å². The number of amides is 2. The summed E-state index contributed by atoms with van der Waals surface area (Å²) in [6, 6.07) is 3.86. The molecule has 1 rings (SSSR count). The predicted molar refractivity (Wildman–Crippen MR) is 67.9 cm³/mol. The van der Waals surface area contributed by atoms with Gasteiger partial charge in [0, 0.05) is 13.8 Å². The van der Waals surface area contributed by atoms with Crippen LogP contribution in [0.1, 0.15) is 31.1 Å². The summed E-state index contributed by atoms with van der Waals surface area (Å²) in [5.74, 6) is -1.96. The van der Waals surface area contributed by atoms with Crippen LogP contribution in [0.5, 0.6) is 5.75 Å². The van der Waals surface area contributed by atoms with E-state index in [1.165, 1.54) is 26.0 Å². The summed E-state index contributed by atoms with van der Waals surface area (Å²) in [4.78, 5) is 35.0. The number of rotatable bonds is 3. The van der Waals surface area contributed by atoms with Crippen LogP contribution in [0, 0.1) is 0 Å². The fourth-order valence-electron chi connectivity index (χ4n) is 1.61. The summed E-state index contributed by atoms with van der Waals surface area (Å²) in [5, 5.41) is 9.82. The molecule has 1 aromatic carbocycles. The van der Waals surface area contributed by atoms with Crippen molar-refractivity contribution in [1.82, 2.24) is 0 Å². The normalized spacial score (nSPS) is 9.84. The highest BCUT2D eigenvalue weighted by atomic mass is 16.5. The van der Waals surface area contributed by atoms with Crippen LogP contribution in [-0.2, 0) is 14.3 Å². The number of carbonyl (C=O) groups excluding carboxylic acids is 3. The number of hydrogen-bond donors (Lipinski definition) is 1. The molecule has 0 aromatic heterocycles. The molecule has 0 aliphatic rings. The Kier molecular flexibility index (Phi) is 4.63. The minimum Gasteiger partial charge on any atom is -0.506 e. The molecule has 0 spiro atoms. The SMILES string of the molecule is CCOC(=O)c1ccc(N(C(C)=O)C(C)=O)c(O)c1. The third kappa shape index (κ3) is 3.31. The van der Waals surface area contributed by atoms with E-state index in [0.717, 1.165) is 11.0 Å². The molecular weight excluding hydrogens is 250 g/mol. The third-order valence-corrected chi connectivity index (χ3v) is 2.36. The Morgan fingerprint density at radius 2 is 1.79 bits per heavy atom. The van der Waals surface area contributed by atoms with E-state index in [1.807, 2.05) is 0 Å². The lowest BCUT2D eigenvalue weighted by Crippen LogP contribution is -2.33. The van der Waals surface area contributed by atoms with E-state index >= 15 is 0 Å². The predicted octanol–water partition coefficient (Wildman–Crippen LogP) is 1.47. The number of imide groups is 1. The zero-order valence-electron chi connectivity index (χ0n) is 11.0. The number of benzene rings is 1. The lowest BCUT2D eigenvalue weighted by Gasteiger charge is -2.18. The van der Waals surface area contributed by atoms with Gasteiger partial charge in [-0.2, -0.15) is 0 Å². The number of hydrogen-bond acceptors (Lipinski definition) is 5. The minimum absolute atomic E-state index is 0.0352. The number of phenols is 1. The Labute approximate surface area is 110 Å². The molecule has 0 bridgehead atoms. The van der Waals surface area contributed by atoms with Crippen LogP contribution < -0.4 is 4.90 Å². The number of esters is 1. The van der Waals surface area contributed by atoms with E-state index in [2.05, 4.69) is 0 Å². The second-order valence-corrected chi connectivity index (χ2v) is 3.80. The molecule has 0 atom stereocenters. The molecule has 2 amide bonds. The monoisotopic (exact) mass is 265 g/mol. The Hall–Kier alpha value is -2.37. The van der Waals surface area contributed by atoms with Crippen LogP contribution in [0.15, 0.2) is 18.2 Å². The zero-order chi connectivity index (χ0) is 14.6. The summed E-state index contributed by atoms with van der Waals surface area (Å²) < 4.78 is 4.78. The van der Waals surface area contributed by atoms with Gasteiger partial charge >= 0.3 is 5.97 Å². The molecule has 6 heteroatoms. The van der Waals surface area contributed by atoms with Crippen molar-refractivity contribution < 1.29 is 24.2 Å².